The van der Waals surface area contributed by atoms with Gasteiger partial charge in [-0.25, -0.2) is 9.48 Å². The number of Topliss-reactive ketones (excluding diaryl/α,β-unsaturated/α-hetero) is 1. The normalized spacial score (nSPS) is 19.9. The van der Waals surface area contributed by atoms with Crippen molar-refractivity contribution in [3.05, 3.63) is 52.9 Å². The number of ketones is 1. The van der Waals surface area contributed by atoms with Crippen molar-refractivity contribution in [3.8, 4) is 5.75 Å². The average Bonchev–Trinajstić information content (AvgIpc) is 3.09. The molecule has 0 saturated carbocycles. The van der Waals surface area contributed by atoms with Crippen molar-refractivity contribution in [1.29, 1.82) is 0 Å². The molecule has 29 heavy (non-hydrogen) atoms. The van der Waals surface area contributed by atoms with E-state index in [0.717, 1.165) is 17.0 Å². The Balaban J connectivity index is 1.87. The van der Waals surface area contributed by atoms with Crippen molar-refractivity contribution < 1.29 is 19.1 Å². The van der Waals surface area contributed by atoms with E-state index >= 15 is 0 Å². The molecule has 0 saturated heterocycles. The number of esters is 1. The summed E-state index contributed by atoms with van der Waals surface area (Å²) in [5.74, 6) is 0.970. The van der Waals surface area contributed by atoms with Crippen LogP contribution in [0.4, 0.5) is 5.82 Å². The second kappa shape index (κ2) is 7.06. The Labute approximate surface area is 169 Å². The van der Waals surface area contributed by atoms with Crippen LogP contribution in [0.5, 0.6) is 5.75 Å². The highest BCUT2D eigenvalue weighted by Crippen LogP contribution is 2.46. The van der Waals surface area contributed by atoms with E-state index in [1.165, 1.54) is 6.20 Å². The van der Waals surface area contributed by atoms with Gasteiger partial charge >= 0.3 is 5.97 Å². The largest absolute Gasteiger partial charge is 0.497 e. The molecule has 0 amide bonds. The third-order valence-corrected chi connectivity index (χ3v) is 5.43. The summed E-state index contributed by atoms with van der Waals surface area (Å²) < 4.78 is 12.2. The number of hydrogen-bond acceptors (Lipinski definition) is 6. The predicted molar refractivity (Wildman–Crippen MR) is 108 cm³/mol. The Morgan fingerprint density at radius 3 is 2.66 bits per heavy atom. The van der Waals surface area contributed by atoms with Crippen LogP contribution in [0.1, 0.15) is 55.6 Å². The number of carbonyl (C=O) groups is 2. The number of methoxy groups -OCH3 is 1. The molecule has 0 bridgehead atoms. The summed E-state index contributed by atoms with van der Waals surface area (Å²) in [6.07, 6.45) is 2.70. The first-order valence-electron chi connectivity index (χ1n) is 9.76. The number of allylic oxidation sites excluding steroid dienone is 2. The molecule has 4 rings (SSSR count). The van der Waals surface area contributed by atoms with Gasteiger partial charge in [0.2, 0.25) is 0 Å². The van der Waals surface area contributed by atoms with E-state index in [2.05, 4.69) is 24.3 Å². The van der Waals surface area contributed by atoms with Crippen LogP contribution in [0.25, 0.3) is 0 Å². The molecule has 1 atom stereocenters. The Kier molecular flexibility index (Phi) is 4.68. The van der Waals surface area contributed by atoms with Crippen molar-refractivity contribution in [3.63, 3.8) is 0 Å². The lowest BCUT2D eigenvalue weighted by atomic mass is 9.73. The fourth-order valence-electron chi connectivity index (χ4n) is 4.16. The zero-order valence-electron chi connectivity index (χ0n) is 17.1. The van der Waals surface area contributed by atoms with Gasteiger partial charge < -0.3 is 14.8 Å². The van der Waals surface area contributed by atoms with Crippen molar-refractivity contribution in [2.75, 3.05) is 19.0 Å². The smallest absolute Gasteiger partial charge is 0.343 e. The number of hydrogen-bond donors (Lipinski definition) is 1. The molecule has 1 aromatic heterocycles. The third-order valence-electron chi connectivity index (χ3n) is 5.43. The molecular formula is C22H25N3O4. The summed E-state index contributed by atoms with van der Waals surface area (Å²) in [6.45, 7) is 6.21. The maximum atomic E-state index is 13.1. The van der Waals surface area contributed by atoms with E-state index in [9.17, 15) is 9.59 Å². The van der Waals surface area contributed by atoms with Gasteiger partial charge in [-0.3, -0.25) is 4.79 Å². The van der Waals surface area contributed by atoms with Gasteiger partial charge in [0.1, 0.15) is 23.2 Å². The number of rotatable bonds is 4. The second-order valence-electron chi connectivity index (χ2n) is 8.21. The molecule has 0 spiro atoms. The first-order chi connectivity index (χ1) is 13.8. The lowest BCUT2D eigenvalue weighted by Gasteiger charge is -2.39. The van der Waals surface area contributed by atoms with Crippen LogP contribution in [-0.2, 0) is 9.53 Å². The summed E-state index contributed by atoms with van der Waals surface area (Å²) >= 11 is 0. The Hall–Kier alpha value is -3.09. The zero-order valence-corrected chi connectivity index (χ0v) is 17.1. The van der Waals surface area contributed by atoms with E-state index < -0.39 is 12.0 Å². The summed E-state index contributed by atoms with van der Waals surface area (Å²) in [5.41, 5.74) is 2.69. The number of carbonyl (C=O) groups excluding carboxylic acids is 2. The molecule has 1 aliphatic carbocycles. The topological polar surface area (TPSA) is 82.5 Å². The molecule has 2 aliphatic rings. The van der Waals surface area contributed by atoms with Crippen molar-refractivity contribution in [1.82, 2.24) is 9.78 Å². The van der Waals surface area contributed by atoms with Crippen LogP contribution in [0.15, 0.2) is 41.7 Å². The average molecular weight is 395 g/mol. The number of fused-ring (bicyclic) bond motifs is 1. The Bertz CT molecular complexity index is 1000. The van der Waals surface area contributed by atoms with Gasteiger partial charge in [-0.2, -0.15) is 5.10 Å². The molecule has 2 heterocycles. The van der Waals surface area contributed by atoms with E-state index in [1.54, 1.807) is 18.7 Å². The van der Waals surface area contributed by atoms with Gasteiger partial charge in [0.25, 0.3) is 0 Å². The van der Waals surface area contributed by atoms with Crippen LogP contribution in [0, 0.1) is 5.41 Å². The Morgan fingerprint density at radius 2 is 2.00 bits per heavy atom. The molecule has 7 nitrogen and oxygen atoms in total. The van der Waals surface area contributed by atoms with Crippen LogP contribution >= 0.6 is 0 Å². The quantitative estimate of drug-likeness (QED) is 0.795. The predicted octanol–water partition coefficient (Wildman–Crippen LogP) is 3.73. The van der Waals surface area contributed by atoms with Crippen LogP contribution in [-0.4, -0.2) is 35.2 Å². The highest BCUT2D eigenvalue weighted by atomic mass is 16.5. The number of nitrogens with zero attached hydrogens (tertiary/aromatic N) is 2. The van der Waals surface area contributed by atoms with Crippen LogP contribution in [0.3, 0.4) is 0 Å². The van der Waals surface area contributed by atoms with Crippen molar-refractivity contribution in [2.24, 2.45) is 5.41 Å². The van der Waals surface area contributed by atoms with Gasteiger partial charge in [-0.15, -0.1) is 0 Å². The lowest BCUT2D eigenvalue weighted by molar-refractivity contribution is -0.118. The molecule has 152 valence electrons. The molecule has 0 radical (unpaired) electrons. The fraction of sp³-hybridized carbons (Fsp3) is 0.409. The minimum Gasteiger partial charge on any atom is -0.497 e. The highest BCUT2D eigenvalue weighted by Gasteiger charge is 2.42. The molecule has 1 unspecified atom stereocenters. The van der Waals surface area contributed by atoms with Crippen LogP contribution < -0.4 is 10.1 Å². The summed E-state index contributed by atoms with van der Waals surface area (Å²) in [4.78, 5) is 25.6. The Morgan fingerprint density at radius 1 is 1.28 bits per heavy atom. The molecule has 0 fully saturated rings. The maximum absolute atomic E-state index is 13.1. The number of nitrogens with one attached hydrogen (secondary N) is 1. The van der Waals surface area contributed by atoms with Gasteiger partial charge in [-0.05, 0) is 36.5 Å². The van der Waals surface area contributed by atoms with E-state index in [1.807, 2.05) is 24.3 Å². The molecule has 1 aliphatic heterocycles. The van der Waals surface area contributed by atoms with E-state index in [4.69, 9.17) is 9.47 Å². The standard InChI is InChI=1S/C22H25N3O4/c1-5-29-21(27)15-12-23-25-19(13-6-8-14(28-4)9-7-13)18-16(24-20(15)25)10-22(2,3)11-17(18)26/h6-9,12,19,24H,5,10-11H2,1-4H3. The molecule has 7 heteroatoms. The maximum Gasteiger partial charge on any atom is 0.343 e. The lowest BCUT2D eigenvalue weighted by Crippen LogP contribution is -2.36. The van der Waals surface area contributed by atoms with Gasteiger partial charge in [0.15, 0.2) is 5.78 Å². The molecule has 1 N–H and O–H groups in total. The van der Waals surface area contributed by atoms with Crippen molar-refractivity contribution in [2.45, 2.75) is 39.7 Å². The third kappa shape index (κ3) is 3.30. The SMILES string of the molecule is CCOC(=O)c1cnn2c1NC1=C(C(=O)CC(C)(C)C1)C2c1ccc(OC)cc1. The van der Waals surface area contributed by atoms with E-state index in [-0.39, 0.29) is 17.8 Å². The number of ether oxygens (including phenoxy) is 2. The fourth-order valence-corrected chi connectivity index (χ4v) is 4.16. The monoisotopic (exact) mass is 395 g/mol. The summed E-state index contributed by atoms with van der Waals surface area (Å²) in [6, 6.07) is 7.19. The minimum absolute atomic E-state index is 0.100. The second-order valence-corrected chi connectivity index (χ2v) is 8.21. The highest BCUT2D eigenvalue weighted by molar-refractivity contribution is 6.01. The van der Waals surface area contributed by atoms with Gasteiger partial charge in [0.05, 0.1) is 19.9 Å². The van der Waals surface area contributed by atoms with Gasteiger partial charge in [-0.1, -0.05) is 26.0 Å². The molecule has 2 aromatic rings. The van der Waals surface area contributed by atoms with Gasteiger partial charge in [0, 0.05) is 17.7 Å². The minimum atomic E-state index is -0.430. The summed E-state index contributed by atoms with van der Waals surface area (Å²) in [7, 11) is 1.62. The first kappa shape index (κ1) is 19.2. The molecular weight excluding hydrogens is 370 g/mol. The number of aromatic nitrogens is 2. The van der Waals surface area contributed by atoms with E-state index in [0.29, 0.717) is 29.8 Å². The van der Waals surface area contributed by atoms with Crippen molar-refractivity contribution >= 4 is 17.6 Å². The molecule has 1 aromatic carbocycles. The number of anilines is 1. The zero-order chi connectivity index (χ0) is 20.8. The van der Waals surface area contributed by atoms with Crippen LogP contribution in [0.2, 0.25) is 0 Å². The summed E-state index contributed by atoms with van der Waals surface area (Å²) in [5, 5.41) is 7.79. The first-order valence-corrected chi connectivity index (χ1v) is 9.76. The number of benzene rings is 1.